The smallest absolute Gasteiger partial charge is 0.309 e. The number of hydrogen-bond acceptors (Lipinski definition) is 3. The molecule has 0 spiro atoms. The maximum atomic E-state index is 14.4. The van der Waals surface area contributed by atoms with Gasteiger partial charge in [-0.05, 0) is 68.4 Å². The van der Waals surface area contributed by atoms with Crippen molar-refractivity contribution in [3.8, 4) is 5.69 Å². The van der Waals surface area contributed by atoms with E-state index in [0.29, 0.717) is 31.7 Å². The lowest BCUT2D eigenvalue weighted by molar-refractivity contribution is -0.154. The number of ether oxygens (including phenoxy) is 1. The molecule has 1 aliphatic heterocycles. The van der Waals surface area contributed by atoms with Gasteiger partial charge >= 0.3 is 5.97 Å². The van der Waals surface area contributed by atoms with Crippen LogP contribution in [0.15, 0.2) is 36.5 Å². The highest BCUT2D eigenvalue weighted by Crippen LogP contribution is 2.55. The van der Waals surface area contributed by atoms with Gasteiger partial charge in [0.05, 0.1) is 29.3 Å². The first-order chi connectivity index (χ1) is 16.4. The van der Waals surface area contributed by atoms with E-state index in [1.807, 2.05) is 16.7 Å². The summed E-state index contributed by atoms with van der Waals surface area (Å²) in [7, 11) is 0. The highest BCUT2D eigenvalue weighted by atomic mass is 19.2. The van der Waals surface area contributed by atoms with E-state index < -0.39 is 23.0 Å². The van der Waals surface area contributed by atoms with Crippen LogP contribution in [0.3, 0.4) is 0 Å². The molecule has 2 aromatic heterocycles. The normalized spacial score (nSPS) is 25.0. The van der Waals surface area contributed by atoms with Crippen LogP contribution in [0.2, 0.25) is 0 Å². The first-order valence-corrected chi connectivity index (χ1v) is 11.6. The van der Waals surface area contributed by atoms with Crippen molar-refractivity contribution >= 4 is 27.8 Å². The van der Waals surface area contributed by atoms with Gasteiger partial charge in [0.25, 0.3) is 0 Å². The lowest BCUT2D eigenvalue weighted by atomic mass is 9.60. The zero-order chi connectivity index (χ0) is 23.6. The molecule has 1 saturated heterocycles. The molecule has 3 heterocycles. The maximum Gasteiger partial charge on any atom is 0.309 e. The third-order valence-corrected chi connectivity index (χ3v) is 7.63. The summed E-state index contributed by atoms with van der Waals surface area (Å²) in [5.41, 5.74) is 3.63. The highest BCUT2D eigenvalue weighted by Gasteiger charge is 2.49. The SMILES string of the molecule is CC1(C(=O)O)CC(c2c(C3CCCOC3)n(-c3ccc(F)c(F)c3)c3cc4cn[nH]c4cc23)C1. The number of nitrogens with one attached hydrogen (secondary N) is 1. The number of aromatic amines is 1. The number of fused-ring (bicyclic) bond motifs is 2. The minimum absolute atomic E-state index is 0.0486. The summed E-state index contributed by atoms with van der Waals surface area (Å²) in [6, 6.07) is 8.04. The zero-order valence-electron chi connectivity index (χ0n) is 18.8. The zero-order valence-corrected chi connectivity index (χ0v) is 18.8. The average Bonchev–Trinajstić information content (AvgIpc) is 3.39. The van der Waals surface area contributed by atoms with Crippen LogP contribution in [0, 0.1) is 17.0 Å². The Bertz CT molecular complexity index is 1430. The molecule has 6 rings (SSSR count). The van der Waals surface area contributed by atoms with E-state index in [1.165, 1.54) is 6.07 Å². The molecule has 1 aliphatic carbocycles. The number of carboxylic acids is 1. The van der Waals surface area contributed by atoms with Crippen LogP contribution in [0.4, 0.5) is 8.78 Å². The fraction of sp³-hybridized carbons (Fsp3) is 0.385. The number of aliphatic carboxylic acids is 1. The molecule has 0 bridgehead atoms. The largest absolute Gasteiger partial charge is 0.481 e. The van der Waals surface area contributed by atoms with Crippen LogP contribution in [0.5, 0.6) is 0 Å². The van der Waals surface area contributed by atoms with Crippen molar-refractivity contribution in [1.82, 2.24) is 14.8 Å². The quantitative estimate of drug-likeness (QED) is 0.408. The monoisotopic (exact) mass is 465 g/mol. The van der Waals surface area contributed by atoms with Gasteiger partial charge in [0, 0.05) is 40.7 Å². The van der Waals surface area contributed by atoms with Gasteiger partial charge in [0.1, 0.15) is 0 Å². The molecule has 8 heteroatoms. The molecule has 0 radical (unpaired) electrons. The second-order valence-corrected chi connectivity index (χ2v) is 9.94. The summed E-state index contributed by atoms with van der Waals surface area (Å²) < 4.78 is 36.1. The molecule has 34 heavy (non-hydrogen) atoms. The van der Waals surface area contributed by atoms with E-state index in [1.54, 1.807) is 19.2 Å². The van der Waals surface area contributed by atoms with Crippen LogP contribution in [0.1, 0.15) is 55.7 Å². The second-order valence-electron chi connectivity index (χ2n) is 9.94. The lowest BCUT2D eigenvalue weighted by Crippen LogP contribution is -2.40. The van der Waals surface area contributed by atoms with Gasteiger partial charge in [0.2, 0.25) is 0 Å². The van der Waals surface area contributed by atoms with E-state index in [4.69, 9.17) is 4.74 Å². The van der Waals surface area contributed by atoms with Crippen molar-refractivity contribution in [3.63, 3.8) is 0 Å². The summed E-state index contributed by atoms with van der Waals surface area (Å²) in [5.74, 6) is -2.47. The molecule has 176 valence electrons. The third-order valence-electron chi connectivity index (χ3n) is 7.63. The minimum Gasteiger partial charge on any atom is -0.481 e. The molecule has 1 unspecified atom stereocenters. The Morgan fingerprint density at radius 2 is 2.03 bits per heavy atom. The number of hydrogen-bond donors (Lipinski definition) is 2. The number of rotatable bonds is 4. The molecular formula is C26H25F2N3O3. The van der Waals surface area contributed by atoms with Crippen LogP contribution in [-0.4, -0.2) is 39.1 Å². The Morgan fingerprint density at radius 1 is 1.21 bits per heavy atom. The molecule has 2 N–H and O–H groups in total. The number of carbonyl (C=O) groups is 1. The molecule has 6 nitrogen and oxygen atoms in total. The number of H-pyrrole nitrogens is 1. The Hall–Kier alpha value is -3.26. The number of halogens is 2. The van der Waals surface area contributed by atoms with Crippen molar-refractivity contribution in [2.24, 2.45) is 5.41 Å². The maximum absolute atomic E-state index is 14.4. The molecule has 1 atom stereocenters. The van der Waals surface area contributed by atoms with Crippen molar-refractivity contribution in [2.75, 3.05) is 13.2 Å². The Morgan fingerprint density at radius 3 is 2.74 bits per heavy atom. The molecule has 2 fully saturated rings. The number of benzene rings is 2. The van der Waals surface area contributed by atoms with Crippen LogP contribution >= 0.6 is 0 Å². The molecule has 2 aliphatic rings. The summed E-state index contributed by atoms with van der Waals surface area (Å²) in [6.07, 6.45) is 4.62. The van der Waals surface area contributed by atoms with Crippen LogP contribution in [-0.2, 0) is 9.53 Å². The van der Waals surface area contributed by atoms with Crippen molar-refractivity contribution in [1.29, 1.82) is 0 Å². The van der Waals surface area contributed by atoms with Gasteiger partial charge in [-0.3, -0.25) is 9.89 Å². The van der Waals surface area contributed by atoms with Gasteiger partial charge in [-0.2, -0.15) is 5.10 Å². The third kappa shape index (κ3) is 3.15. The lowest BCUT2D eigenvalue weighted by Gasteiger charge is -2.43. The number of aromatic nitrogens is 3. The predicted molar refractivity (Wildman–Crippen MR) is 123 cm³/mol. The van der Waals surface area contributed by atoms with E-state index in [2.05, 4.69) is 10.2 Å². The number of nitrogens with zero attached hydrogens (tertiary/aromatic N) is 2. The first-order valence-electron chi connectivity index (χ1n) is 11.6. The van der Waals surface area contributed by atoms with Crippen molar-refractivity contribution in [2.45, 2.75) is 44.4 Å². The van der Waals surface area contributed by atoms with E-state index in [0.717, 1.165) is 52.0 Å². The van der Waals surface area contributed by atoms with Crippen molar-refractivity contribution in [3.05, 3.63) is 59.4 Å². The number of carboxylic acid groups (broad SMARTS) is 1. The summed E-state index contributed by atoms with van der Waals surface area (Å²) in [5, 5.41) is 18.8. The van der Waals surface area contributed by atoms with Gasteiger partial charge in [-0.15, -0.1) is 0 Å². The van der Waals surface area contributed by atoms with Gasteiger partial charge in [0.15, 0.2) is 11.6 Å². The van der Waals surface area contributed by atoms with Crippen LogP contribution in [0.25, 0.3) is 27.5 Å². The van der Waals surface area contributed by atoms with Gasteiger partial charge in [-0.25, -0.2) is 8.78 Å². The van der Waals surface area contributed by atoms with Crippen molar-refractivity contribution < 1.29 is 23.4 Å². The fourth-order valence-electron chi connectivity index (χ4n) is 5.87. The molecule has 4 aromatic rings. The van der Waals surface area contributed by atoms with E-state index in [-0.39, 0.29) is 11.8 Å². The molecule has 2 aromatic carbocycles. The van der Waals surface area contributed by atoms with Gasteiger partial charge < -0.3 is 14.4 Å². The van der Waals surface area contributed by atoms with E-state index in [9.17, 15) is 18.7 Å². The Balaban J connectivity index is 1.65. The summed E-state index contributed by atoms with van der Waals surface area (Å²) in [4.78, 5) is 11.9. The average molecular weight is 466 g/mol. The van der Waals surface area contributed by atoms with Gasteiger partial charge in [-0.1, -0.05) is 0 Å². The van der Waals surface area contributed by atoms with Crippen LogP contribution < -0.4 is 0 Å². The molecule has 1 saturated carbocycles. The molecule has 0 amide bonds. The standard InChI is InChI=1S/C26H25F2N3O3/c1-26(25(32)33)10-16(11-26)23-18-9-21-15(12-29-30-21)7-22(18)31(17-4-5-19(27)20(28)8-17)24(23)14-3-2-6-34-13-14/h4-5,7-9,12,14,16H,2-3,6,10-11,13H2,1H3,(H,29,30)(H,32,33). The fourth-order valence-corrected chi connectivity index (χ4v) is 5.87. The van der Waals surface area contributed by atoms with E-state index >= 15 is 0 Å². The summed E-state index contributed by atoms with van der Waals surface area (Å²) in [6.45, 7) is 3.03. The summed E-state index contributed by atoms with van der Waals surface area (Å²) >= 11 is 0. The predicted octanol–water partition coefficient (Wildman–Crippen LogP) is 5.65. The highest BCUT2D eigenvalue weighted by molar-refractivity contribution is 5.99. The topological polar surface area (TPSA) is 80.1 Å². The Kier molecular flexibility index (Phi) is 4.78. The Labute approximate surface area is 194 Å². The second kappa shape index (κ2) is 7.63. The minimum atomic E-state index is -0.904. The first kappa shape index (κ1) is 21.3. The molecular weight excluding hydrogens is 440 g/mol.